The molecule has 1 unspecified atom stereocenters. The average Bonchev–Trinajstić information content (AvgIpc) is 2.59. The fourth-order valence-corrected chi connectivity index (χ4v) is 2.17. The lowest BCUT2D eigenvalue weighted by Gasteiger charge is -2.17. The minimum absolute atomic E-state index is 0.140. The molecule has 23 heavy (non-hydrogen) atoms. The lowest BCUT2D eigenvalue weighted by Crippen LogP contribution is -2.37. The second-order valence-electron chi connectivity index (χ2n) is 5.03. The third kappa shape index (κ3) is 5.18. The fraction of sp³-hybridized carbons (Fsp3) is 0.278. The van der Waals surface area contributed by atoms with Crippen LogP contribution in [0.3, 0.4) is 0 Å². The van der Waals surface area contributed by atoms with Crippen LogP contribution in [0.2, 0.25) is 5.02 Å². The molecule has 5 heteroatoms. The second-order valence-corrected chi connectivity index (χ2v) is 5.47. The summed E-state index contributed by atoms with van der Waals surface area (Å²) in [6, 6.07) is 14.5. The molecular weight excluding hydrogens is 314 g/mol. The molecule has 0 aliphatic carbocycles. The molecule has 0 saturated carbocycles. The van der Waals surface area contributed by atoms with Gasteiger partial charge in [0, 0.05) is 11.6 Å². The summed E-state index contributed by atoms with van der Waals surface area (Å²) in [5, 5.41) is 3.56. The molecule has 0 aromatic heterocycles. The van der Waals surface area contributed by atoms with Gasteiger partial charge in [0.15, 0.2) is 6.10 Å². The Balaban J connectivity index is 1.90. The number of methoxy groups -OCH3 is 1. The Kier molecular flexibility index (Phi) is 6.29. The molecule has 0 bridgehead atoms. The van der Waals surface area contributed by atoms with Crippen molar-refractivity contribution in [1.29, 1.82) is 0 Å². The normalized spacial score (nSPS) is 11.6. The van der Waals surface area contributed by atoms with Crippen LogP contribution >= 0.6 is 11.6 Å². The summed E-state index contributed by atoms with van der Waals surface area (Å²) >= 11 is 5.84. The smallest absolute Gasteiger partial charge is 0.261 e. The Morgan fingerprint density at radius 3 is 2.26 bits per heavy atom. The Bertz CT molecular complexity index is 626. The van der Waals surface area contributed by atoms with E-state index in [1.807, 2.05) is 19.1 Å². The number of benzene rings is 2. The molecule has 2 rings (SSSR count). The standard InChI is InChI=1S/C18H20ClNO3/c1-3-17(23-16-10-8-15(22-2)9-11-16)18(21)20-12-13-4-6-14(19)7-5-13/h4-11,17H,3,12H2,1-2H3,(H,20,21). The van der Waals surface area contributed by atoms with Crippen LogP contribution in [-0.4, -0.2) is 19.1 Å². The van der Waals surface area contributed by atoms with Gasteiger partial charge in [-0.1, -0.05) is 30.7 Å². The fourth-order valence-electron chi connectivity index (χ4n) is 2.05. The van der Waals surface area contributed by atoms with Crippen LogP contribution in [0.5, 0.6) is 11.5 Å². The molecule has 1 amide bonds. The summed E-state index contributed by atoms with van der Waals surface area (Å²) in [5.74, 6) is 1.25. The van der Waals surface area contributed by atoms with Gasteiger partial charge < -0.3 is 14.8 Å². The molecule has 0 aliphatic rings. The maximum Gasteiger partial charge on any atom is 0.261 e. The van der Waals surface area contributed by atoms with Crippen molar-refractivity contribution in [3.8, 4) is 11.5 Å². The van der Waals surface area contributed by atoms with Crippen LogP contribution in [0.15, 0.2) is 48.5 Å². The molecule has 0 aliphatic heterocycles. The Morgan fingerprint density at radius 2 is 1.70 bits per heavy atom. The molecular formula is C18H20ClNO3. The van der Waals surface area contributed by atoms with E-state index in [2.05, 4.69) is 5.32 Å². The summed E-state index contributed by atoms with van der Waals surface area (Å²) in [5.41, 5.74) is 0.988. The van der Waals surface area contributed by atoms with E-state index in [0.29, 0.717) is 23.7 Å². The van der Waals surface area contributed by atoms with E-state index in [-0.39, 0.29) is 5.91 Å². The summed E-state index contributed by atoms with van der Waals surface area (Å²) in [6.45, 7) is 2.36. The van der Waals surface area contributed by atoms with Crippen LogP contribution in [-0.2, 0) is 11.3 Å². The second kappa shape index (κ2) is 8.44. The SMILES string of the molecule is CCC(Oc1ccc(OC)cc1)C(=O)NCc1ccc(Cl)cc1. The molecule has 0 heterocycles. The van der Waals surface area contributed by atoms with Crippen LogP contribution in [0.1, 0.15) is 18.9 Å². The molecule has 122 valence electrons. The van der Waals surface area contributed by atoms with Gasteiger partial charge in [-0.15, -0.1) is 0 Å². The molecule has 1 N–H and O–H groups in total. The monoisotopic (exact) mass is 333 g/mol. The van der Waals surface area contributed by atoms with E-state index >= 15 is 0 Å². The highest BCUT2D eigenvalue weighted by atomic mass is 35.5. The zero-order valence-corrected chi connectivity index (χ0v) is 14.0. The minimum Gasteiger partial charge on any atom is -0.497 e. The van der Waals surface area contributed by atoms with Crippen molar-refractivity contribution in [3.05, 3.63) is 59.1 Å². The van der Waals surface area contributed by atoms with Gasteiger partial charge in [-0.3, -0.25) is 4.79 Å². The largest absolute Gasteiger partial charge is 0.497 e. The van der Waals surface area contributed by atoms with Crippen molar-refractivity contribution in [2.45, 2.75) is 26.0 Å². The molecule has 4 nitrogen and oxygen atoms in total. The molecule has 0 saturated heterocycles. The highest BCUT2D eigenvalue weighted by molar-refractivity contribution is 6.30. The molecule has 2 aromatic carbocycles. The predicted octanol–water partition coefficient (Wildman–Crippen LogP) is 3.82. The van der Waals surface area contributed by atoms with Crippen LogP contribution < -0.4 is 14.8 Å². The van der Waals surface area contributed by atoms with Crippen molar-refractivity contribution >= 4 is 17.5 Å². The van der Waals surface area contributed by atoms with Gasteiger partial charge in [-0.05, 0) is 48.4 Å². The number of ether oxygens (including phenoxy) is 2. The summed E-state index contributed by atoms with van der Waals surface area (Å²) in [4.78, 5) is 12.3. The van der Waals surface area contributed by atoms with E-state index in [1.165, 1.54) is 0 Å². The number of hydrogen-bond donors (Lipinski definition) is 1. The number of carbonyl (C=O) groups excluding carboxylic acids is 1. The van der Waals surface area contributed by atoms with Crippen molar-refractivity contribution in [2.75, 3.05) is 7.11 Å². The summed E-state index contributed by atoms with van der Waals surface area (Å²) < 4.78 is 10.8. The van der Waals surface area contributed by atoms with Crippen LogP contribution in [0.25, 0.3) is 0 Å². The molecule has 0 radical (unpaired) electrons. The quantitative estimate of drug-likeness (QED) is 0.837. The topological polar surface area (TPSA) is 47.6 Å². The van der Waals surface area contributed by atoms with E-state index in [9.17, 15) is 4.79 Å². The van der Waals surface area contributed by atoms with Crippen molar-refractivity contribution < 1.29 is 14.3 Å². The van der Waals surface area contributed by atoms with E-state index < -0.39 is 6.10 Å². The molecule has 0 fully saturated rings. The maximum atomic E-state index is 12.3. The first kappa shape index (κ1) is 17.2. The highest BCUT2D eigenvalue weighted by Crippen LogP contribution is 2.19. The zero-order valence-electron chi connectivity index (χ0n) is 13.2. The summed E-state index contributed by atoms with van der Waals surface area (Å²) in [7, 11) is 1.61. The Morgan fingerprint density at radius 1 is 1.09 bits per heavy atom. The van der Waals surface area contributed by atoms with Gasteiger partial charge >= 0.3 is 0 Å². The molecule has 0 spiro atoms. The highest BCUT2D eigenvalue weighted by Gasteiger charge is 2.18. The lowest BCUT2D eigenvalue weighted by atomic mass is 10.2. The van der Waals surface area contributed by atoms with Gasteiger partial charge in [0.05, 0.1) is 7.11 Å². The lowest BCUT2D eigenvalue weighted by molar-refractivity contribution is -0.128. The average molecular weight is 334 g/mol. The molecule has 2 aromatic rings. The Hall–Kier alpha value is -2.20. The Labute approximate surface area is 141 Å². The third-order valence-corrected chi connectivity index (χ3v) is 3.63. The van der Waals surface area contributed by atoms with Crippen molar-refractivity contribution in [1.82, 2.24) is 5.32 Å². The van der Waals surface area contributed by atoms with E-state index in [0.717, 1.165) is 11.3 Å². The number of rotatable bonds is 7. The van der Waals surface area contributed by atoms with Crippen LogP contribution in [0, 0.1) is 0 Å². The van der Waals surface area contributed by atoms with Gasteiger partial charge in [0.2, 0.25) is 0 Å². The maximum absolute atomic E-state index is 12.3. The van der Waals surface area contributed by atoms with Crippen molar-refractivity contribution in [2.24, 2.45) is 0 Å². The first-order valence-electron chi connectivity index (χ1n) is 7.45. The van der Waals surface area contributed by atoms with E-state index in [4.69, 9.17) is 21.1 Å². The third-order valence-electron chi connectivity index (χ3n) is 3.38. The molecule has 1 atom stereocenters. The van der Waals surface area contributed by atoms with Crippen LogP contribution in [0.4, 0.5) is 0 Å². The van der Waals surface area contributed by atoms with Crippen molar-refractivity contribution in [3.63, 3.8) is 0 Å². The van der Waals surface area contributed by atoms with Gasteiger partial charge in [-0.25, -0.2) is 0 Å². The van der Waals surface area contributed by atoms with Gasteiger partial charge in [-0.2, -0.15) is 0 Å². The minimum atomic E-state index is -0.532. The van der Waals surface area contributed by atoms with Gasteiger partial charge in [0.25, 0.3) is 5.91 Å². The number of carbonyl (C=O) groups is 1. The number of halogens is 1. The first-order chi connectivity index (χ1) is 11.1. The predicted molar refractivity (Wildman–Crippen MR) is 91.0 cm³/mol. The number of amides is 1. The number of nitrogens with one attached hydrogen (secondary N) is 1. The van der Waals surface area contributed by atoms with Gasteiger partial charge in [0.1, 0.15) is 11.5 Å². The van der Waals surface area contributed by atoms with E-state index in [1.54, 1.807) is 43.5 Å². The summed E-state index contributed by atoms with van der Waals surface area (Å²) in [6.07, 6.45) is 0.0501. The first-order valence-corrected chi connectivity index (χ1v) is 7.83. The zero-order chi connectivity index (χ0) is 16.7. The number of hydrogen-bond acceptors (Lipinski definition) is 3.